The number of nitrogens with one attached hydrogen (secondary N) is 1. The molecule has 5 nitrogen and oxygen atoms in total. The second kappa shape index (κ2) is 8.61. The van der Waals surface area contributed by atoms with Crippen molar-refractivity contribution in [3.63, 3.8) is 0 Å². The lowest BCUT2D eigenvalue weighted by atomic mass is 10.1. The van der Waals surface area contributed by atoms with Crippen molar-refractivity contribution >= 4 is 39.9 Å². The van der Waals surface area contributed by atoms with Gasteiger partial charge in [0, 0.05) is 5.75 Å². The smallest absolute Gasteiger partial charge is 0.418 e. The third-order valence-electron chi connectivity index (χ3n) is 3.62. The number of anilines is 2. The minimum absolute atomic E-state index is 0.0684. The number of rotatable bonds is 6. The van der Waals surface area contributed by atoms with Crippen LogP contribution in [0.3, 0.4) is 0 Å². The van der Waals surface area contributed by atoms with E-state index in [1.54, 1.807) is 24.3 Å². The first-order valence-electron chi connectivity index (χ1n) is 7.93. The molecule has 0 saturated heterocycles. The first kappa shape index (κ1) is 20.2. The Kier molecular flexibility index (Phi) is 6.20. The maximum Gasteiger partial charge on any atom is 0.418 e. The molecule has 0 saturated carbocycles. The predicted molar refractivity (Wildman–Crippen MR) is 102 cm³/mol. The highest BCUT2D eigenvalue weighted by molar-refractivity contribution is 8.00. The van der Waals surface area contributed by atoms with Gasteiger partial charge in [-0.15, -0.1) is 10.2 Å². The second-order valence-corrected chi connectivity index (χ2v) is 7.72. The lowest BCUT2D eigenvalue weighted by Crippen LogP contribution is -2.08. The fraction of sp³-hybridized carbons (Fsp3) is 0.167. The number of hydrogen-bond donors (Lipinski definition) is 1. The zero-order valence-corrected chi connectivity index (χ0v) is 16.1. The molecule has 0 spiro atoms. The highest BCUT2D eigenvalue weighted by atomic mass is 32.2. The van der Waals surface area contributed by atoms with Gasteiger partial charge in [-0.1, -0.05) is 47.4 Å². The van der Waals surface area contributed by atoms with Crippen LogP contribution in [-0.2, 0) is 16.7 Å². The summed E-state index contributed by atoms with van der Waals surface area (Å²) >= 11 is 2.57. The number of hydrogen-bond acceptors (Lipinski definition) is 7. The van der Waals surface area contributed by atoms with E-state index in [4.69, 9.17) is 0 Å². The molecule has 1 aromatic heterocycles. The number of benzene rings is 2. The normalized spacial score (nSPS) is 11.3. The van der Waals surface area contributed by atoms with Gasteiger partial charge in [-0.05, 0) is 29.8 Å². The molecule has 0 radical (unpaired) electrons. The van der Waals surface area contributed by atoms with Gasteiger partial charge in [-0.3, -0.25) is 0 Å². The van der Waals surface area contributed by atoms with Crippen LogP contribution in [0.4, 0.5) is 24.0 Å². The van der Waals surface area contributed by atoms with E-state index in [2.05, 4.69) is 20.3 Å². The lowest BCUT2D eigenvalue weighted by molar-refractivity contribution is -0.136. The number of alkyl halides is 3. The molecule has 0 bridgehead atoms. The van der Waals surface area contributed by atoms with Gasteiger partial charge < -0.3 is 10.1 Å². The van der Waals surface area contributed by atoms with Crippen molar-refractivity contribution < 1.29 is 22.7 Å². The predicted octanol–water partition coefficient (Wildman–Crippen LogP) is 5.38. The van der Waals surface area contributed by atoms with E-state index < -0.39 is 17.7 Å². The van der Waals surface area contributed by atoms with Gasteiger partial charge in [0.25, 0.3) is 0 Å². The third kappa shape index (κ3) is 5.02. The number of methoxy groups -OCH3 is 1. The number of carbonyl (C=O) groups is 1. The molecular weight excluding hydrogens is 411 g/mol. The molecule has 1 N–H and O–H groups in total. The zero-order chi connectivity index (χ0) is 20.1. The van der Waals surface area contributed by atoms with E-state index >= 15 is 0 Å². The lowest BCUT2D eigenvalue weighted by Gasteiger charge is -2.12. The van der Waals surface area contributed by atoms with Gasteiger partial charge in [-0.25, -0.2) is 4.79 Å². The number of carbonyl (C=O) groups excluding carboxylic acids is 1. The van der Waals surface area contributed by atoms with Crippen molar-refractivity contribution in [3.05, 3.63) is 65.2 Å². The Morgan fingerprint density at radius 3 is 2.54 bits per heavy atom. The average Bonchev–Trinajstić information content (AvgIpc) is 3.13. The number of para-hydroxylation sites is 1. The van der Waals surface area contributed by atoms with E-state index in [1.807, 2.05) is 0 Å². The quantitative estimate of drug-likeness (QED) is 0.423. The molecule has 0 aliphatic rings. The molecule has 0 fully saturated rings. The fourth-order valence-corrected chi connectivity index (χ4v) is 3.99. The van der Waals surface area contributed by atoms with Crippen LogP contribution in [0.15, 0.2) is 52.9 Å². The first-order valence-corrected chi connectivity index (χ1v) is 9.74. The number of thioether (sulfide) groups is 1. The Morgan fingerprint density at radius 1 is 1.14 bits per heavy atom. The van der Waals surface area contributed by atoms with Crippen LogP contribution in [0.5, 0.6) is 0 Å². The van der Waals surface area contributed by atoms with Crippen LogP contribution in [0.2, 0.25) is 0 Å². The molecule has 0 unspecified atom stereocenters. The molecular formula is C18H14F3N3O2S2. The fourth-order valence-electron chi connectivity index (χ4n) is 2.27. The van der Waals surface area contributed by atoms with Crippen molar-refractivity contribution in [1.82, 2.24) is 10.2 Å². The van der Waals surface area contributed by atoms with Crippen molar-refractivity contribution in [2.24, 2.45) is 0 Å². The monoisotopic (exact) mass is 425 g/mol. The molecule has 0 atom stereocenters. The summed E-state index contributed by atoms with van der Waals surface area (Å²) in [4.78, 5) is 11.4. The van der Waals surface area contributed by atoms with Gasteiger partial charge >= 0.3 is 12.1 Å². The van der Waals surface area contributed by atoms with Crippen LogP contribution in [0.1, 0.15) is 21.5 Å². The third-order valence-corrected chi connectivity index (χ3v) is 5.66. The summed E-state index contributed by atoms with van der Waals surface area (Å²) in [5.41, 5.74) is 0.595. The van der Waals surface area contributed by atoms with Crippen LogP contribution in [0, 0.1) is 0 Å². The number of ether oxygens (including phenoxy) is 1. The van der Waals surface area contributed by atoms with Crippen LogP contribution < -0.4 is 5.32 Å². The van der Waals surface area contributed by atoms with E-state index in [-0.39, 0.29) is 10.8 Å². The summed E-state index contributed by atoms with van der Waals surface area (Å²) in [6, 6.07) is 12.2. The molecule has 0 aliphatic heterocycles. The number of esters is 1. The van der Waals surface area contributed by atoms with E-state index in [9.17, 15) is 18.0 Å². The average molecular weight is 425 g/mol. The number of nitrogens with zero attached hydrogens (tertiary/aromatic N) is 2. The Balaban J connectivity index is 1.63. The topological polar surface area (TPSA) is 64.1 Å². The molecule has 3 aromatic rings. The van der Waals surface area contributed by atoms with Crippen molar-refractivity contribution in [3.8, 4) is 0 Å². The maximum atomic E-state index is 13.1. The molecule has 28 heavy (non-hydrogen) atoms. The Bertz CT molecular complexity index is 959. The summed E-state index contributed by atoms with van der Waals surface area (Å²) < 4.78 is 44.4. The maximum absolute atomic E-state index is 13.1. The summed E-state index contributed by atoms with van der Waals surface area (Å²) in [6.07, 6.45) is -4.46. The molecule has 0 amide bonds. The van der Waals surface area contributed by atoms with Crippen LogP contribution in [-0.4, -0.2) is 23.3 Å². The van der Waals surface area contributed by atoms with Crippen LogP contribution >= 0.6 is 23.1 Å². The summed E-state index contributed by atoms with van der Waals surface area (Å²) in [5.74, 6) is 0.174. The standard InChI is InChI=1S/C18H14F3N3O2S2/c1-26-15(25)12-8-6-11(7-9-12)10-27-17-24-23-16(28-17)22-14-5-3-2-4-13(14)18(19,20)21/h2-9H,10H2,1H3,(H,22,23). The summed E-state index contributed by atoms with van der Waals surface area (Å²) in [6.45, 7) is 0. The van der Waals surface area contributed by atoms with Crippen molar-refractivity contribution in [1.29, 1.82) is 0 Å². The van der Waals surface area contributed by atoms with Gasteiger partial charge in [0.2, 0.25) is 5.13 Å². The van der Waals surface area contributed by atoms with Gasteiger partial charge in [-0.2, -0.15) is 13.2 Å². The largest absolute Gasteiger partial charge is 0.465 e. The SMILES string of the molecule is COC(=O)c1ccc(CSc2nnc(Nc3ccccc3C(F)(F)F)s2)cc1. The van der Waals surface area contributed by atoms with E-state index in [0.717, 1.165) is 11.6 Å². The highest BCUT2D eigenvalue weighted by Gasteiger charge is 2.33. The molecule has 2 aromatic carbocycles. The van der Waals surface area contributed by atoms with Crippen molar-refractivity contribution in [2.45, 2.75) is 16.3 Å². The molecule has 10 heteroatoms. The van der Waals surface area contributed by atoms with Crippen molar-refractivity contribution in [2.75, 3.05) is 12.4 Å². The Hall–Kier alpha value is -2.59. The minimum atomic E-state index is -4.46. The minimum Gasteiger partial charge on any atom is -0.465 e. The Labute approximate surface area is 166 Å². The molecule has 3 rings (SSSR count). The summed E-state index contributed by atoms with van der Waals surface area (Å²) in [7, 11) is 1.32. The highest BCUT2D eigenvalue weighted by Crippen LogP contribution is 2.37. The molecule has 146 valence electrons. The van der Waals surface area contributed by atoms with Gasteiger partial charge in [0.1, 0.15) is 0 Å². The van der Waals surface area contributed by atoms with Gasteiger partial charge in [0.15, 0.2) is 4.34 Å². The summed E-state index contributed by atoms with van der Waals surface area (Å²) in [5, 5.41) is 10.9. The second-order valence-electron chi connectivity index (χ2n) is 5.52. The number of halogens is 3. The van der Waals surface area contributed by atoms with Gasteiger partial charge in [0.05, 0.1) is 23.9 Å². The molecule has 0 aliphatic carbocycles. The Morgan fingerprint density at radius 2 is 1.86 bits per heavy atom. The van der Waals surface area contributed by atoms with Crippen LogP contribution in [0.25, 0.3) is 0 Å². The van der Waals surface area contributed by atoms with E-state index in [0.29, 0.717) is 15.7 Å². The zero-order valence-electron chi connectivity index (χ0n) is 14.5. The molecule has 1 heterocycles. The van der Waals surface area contributed by atoms with E-state index in [1.165, 1.54) is 48.4 Å². The first-order chi connectivity index (χ1) is 13.4. The number of aromatic nitrogens is 2.